The lowest BCUT2D eigenvalue weighted by molar-refractivity contribution is -0.137. The lowest BCUT2D eigenvalue weighted by atomic mass is 9.86. The van der Waals surface area contributed by atoms with Crippen LogP contribution in [0.4, 0.5) is 19.0 Å². The molecule has 11 heteroatoms. The number of benzene rings is 2. The molecule has 0 saturated carbocycles. The highest BCUT2D eigenvalue weighted by Gasteiger charge is 2.33. The van der Waals surface area contributed by atoms with Crippen LogP contribution >= 0.6 is 0 Å². The Morgan fingerprint density at radius 2 is 1.85 bits per heavy atom. The number of nitrogens with zero attached hydrogens (tertiary/aromatic N) is 2. The van der Waals surface area contributed by atoms with Gasteiger partial charge in [-0.1, -0.05) is 32.0 Å². The molecule has 0 spiro atoms. The highest BCUT2D eigenvalue weighted by Crippen LogP contribution is 2.36. The standard InChI is InChI=1S/C29H32F3N3O4S/c1-4-19-15-35(27-18(3)12-23(14-33-27)29(30,31)32)16-22-13-21(8-11-25(19)22)28(37)34-26(17-36)20-6-9-24(10-7-20)40(38,39)5-2/h6-14,19,26,36H,4-5,15-17H2,1-3H3,(H,34,37). The number of sulfone groups is 1. The van der Waals surface area contributed by atoms with Gasteiger partial charge < -0.3 is 15.3 Å². The summed E-state index contributed by atoms with van der Waals surface area (Å²) in [5.74, 6) is 0.129. The van der Waals surface area contributed by atoms with E-state index in [2.05, 4.69) is 10.3 Å². The average Bonchev–Trinajstić information content (AvgIpc) is 2.94. The van der Waals surface area contributed by atoms with Crippen molar-refractivity contribution in [2.24, 2.45) is 0 Å². The summed E-state index contributed by atoms with van der Waals surface area (Å²) in [5, 5.41) is 12.8. The molecule has 2 heterocycles. The predicted molar refractivity (Wildman–Crippen MR) is 146 cm³/mol. The number of nitrogens with one attached hydrogen (secondary N) is 1. The summed E-state index contributed by atoms with van der Waals surface area (Å²) in [7, 11) is -3.37. The molecule has 214 valence electrons. The van der Waals surface area contributed by atoms with Crippen molar-refractivity contribution in [3.05, 3.63) is 88.1 Å². The SMILES string of the molecule is CCC1CN(c2ncc(C(F)(F)F)cc2C)Cc2cc(C(=O)NC(CO)c3ccc(S(=O)(=O)CC)cc3)ccc21. The Bertz CT molecular complexity index is 1490. The van der Waals surface area contributed by atoms with Gasteiger partial charge in [-0.05, 0) is 65.9 Å². The number of pyridine rings is 1. The first-order chi connectivity index (χ1) is 18.9. The van der Waals surface area contributed by atoms with E-state index < -0.39 is 33.5 Å². The van der Waals surface area contributed by atoms with E-state index in [4.69, 9.17) is 0 Å². The van der Waals surface area contributed by atoms with Crippen LogP contribution in [0.15, 0.2) is 59.6 Å². The van der Waals surface area contributed by atoms with Crippen molar-refractivity contribution < 1.29 is 31.5 Å². The summed E-state index contributed by atoms with van der Waals surface area (Å²) >= 11 is 0. The number of anilines is 1. The number of alkyl halides is 3. The number of aliphatic hydroxyl groups is 1. The number of halogens is 3. The first kappa shape index (κ1) is 29.5. The summed E-state index contributed by atoms with van der Waals surface area (Å²) in [6.45, 7) is 5.78. The molecule has 0 saturated heterocycles. The van der Waals surface area contributed by atoms with E-state index in [-0.39, 0.29) is 23.2 Å². The largest absolute Gasteiger partial charge is 0.417 e. The highest BCUT2D eigenvalue weighted by atomic mass is 32.2. The summed E-state index contributed by atoms with van der Waals surface area (Å²) in [5.41, 5.74) is 2.51. The maximum atomic E-state index is 13.2. The van der Waals surface area contributed by atoms with Crippen molar-refractivity contribution in [3.63, 3.8) is 0 Å². The van der Waals surface area contributed by atoms with Crippen LogP contribution < -0.4 is 10.2 Å². The zero-order valence-electron chi connectivity index (χ0n) is 22.5. The van der Waals surface area contributed by atoms with E-state index >= 15 is 0 Å². The summed E-state index contributed by atoms with van der Waals surface area (Å²) in [6.07, 6.45) is -2.83. The molecule has 0 radical (unpaired) electrons. The number of hydrogen-bond donors (Lipinski definition) is 2. The Morgan fingerprint density at radius 3 is 2.42 bits per heavy atom. The maximum Gasteiger partial charge on any atom is 0.417 e. The molecule has 1 aromatic heterocycles. The minimum Gasteiger partial charge on any atom is -0.394 e. The number of hydrogen-bond acceptors (Lipinski definition) is 6. The first-order valence-corrected chi connectivity index (χ1v) is 14.7. The second kappa shape index (κ2) is 11.6. The molecular formula is C29H32F3N3O4S. The van der Waals surface area contributed by atoms with Crippen molar-refractivity contribution in [3.8, 4) is 0 Å². The van der Waals surface area contributed by atoms with Crippen LogP contribution in [-0.4, -0.2) is 43.3 Å². The van der Waals surface area contributed by atoms with Gasteiger partial charge in [-0.2, -0.15) is 13.2 Å². The van der Waals surface area contributed by atoms with E-state index in [0.29, 0.717) is 35.6 Å². The van der Waals surface area contributed by atoms with Crippen LogP contribution in [0.5, 0.6) is 0 Å². The minimum absolute atomic E-state index is 0.0321. The number of carbonyl (C=O) groups excluding carboxylic acids is 1. The Balaban J connectivity index is 1.56. The monoisotopic (exact) mass is 575 g/mol. The molecule has 7 nitrogen and oxygen atoms in total. The molecule has 1 amide bonds. The number of aryl methyl sites for hydroxylation is 1. The molecule has 3 aromatic rings. The lowest BCUT2D eigenvalue weighted by Gasteiger charge is -2.36. The number of carbonyl (C=O) groups is 1. The quantitative estimate of drug-likeness (QED) is 0.384. The Morgan fingerprint density at radius 1 is 1.15 bits per heavy atom. The Labute approximate surface area is 232 Å². The van der Waals surface area contributed by atoms with Crippen molar-refractivity contribution in [2.75, 3.05) is 23.8 Å². The number of fused-ring (bicyclic) bond motifs is 1. The van der Waals surface area contributed by atoms with Gasteiger partial charge in [-0.3, -0.25) is 4.79 Å². The topological polar surface area (TPSA) is 99.6 Å². The number of aromatic nitrogens is 1. The normalized spacial score (nSPS) is 16.4. The zero-order valence-corrected chi connectivity index (χ0v) is 23.3. The zero-order chi connectivity index (χ0) is 29.2. The molecule has 0 fully saturated rings. The van der Waals surface area contributed by atoms with Gasteiger partial charge in [0.15, 0.2) is 9.84 Å². The van der Waals surface area contributed by atoms with Crippen molar-refractivity contribution in [1.29, 1.82) is 0 Å². The predicted octanol–water partition coefficient (Wildman–Crippen LogP) is 5.18. The van der Waals surface area contributed by atoms with E-state index in [1.165, 1.54) is 12.1 Å². The molecule has 4 rings (SSSR count). The number of aliphatic hydroxyl groups excluding tert-OH is 1. The smallest absolute Gasteiger partial charge is 0.394 e. The van der Waals surface area contributed by atoms with Gasteiger partial charge >= 0.3 is 6.18 Å². The van der Waals surface area contributed by atoms with E-state index in [9.17, 15) is 31.5 Å². The van der Waals surface area contributed by atoms with Gasteiger partial charge in [0.25, 0.3) is 5.91 Å². The van der Waals surface area contributed by atoms with Gasteiger partial charge in [-0.15, -0.1) is 0 Å². The van der Waals surface area contributed by atoms with Crippen LogP contribution in [0.3, 0.4) is 0 Å². The summed E-state index contributed by atoms with van der Waals surface area (Å²) in [4.78, 5) is 19.4. The van der Waals surface area contributed by atoms with Gasteiger partial charge in [-0.25, -0.2) is 13.4 Å². The molecule has 2 N–H and O–H groups in total. The van der Waals surface area contributed by atoms with Gasteiger partial charge in [0.1, 0.15) is 5.82 Å². The molecule has 0 bridgehead atoms. The van der Waals surface area contributed by atoms with E-state index in [0.717, 1.165) is 29.8 Å². The summed E-state index contributed by atoms with van der Waals surface area (Å²) in [6, 6.07) is 11.8. The molecule has 1 aliphatic rings. The molecular weight excluding hydrogens is 543 g/mol. The summed E-state index contributed by atoms with van der Waals surface area (Å²) < 4.78 is 63.6. The van der Waals surface area contributed by atoms with Crippen LogP contribution in [0.2, 0.25) is 0 Å². The fourth-order valence-electron chi connectivity index (χ4n) is 5.03. The van der Waals surface area contributed by atoms with Crippen LogP contribution in [0.1, 0.15) is 70.4 Å². The molecule has 2 aromatic carbocycles. The van der Waals surface area contributed by atoms with Crippen molar-refractivity contribution >= 4 is 21.6 Å². The van der Waals surface area contributed by atoms with E-state index in [1.807, 2.05) is 17.9 Å². The van der Waals surface area contributed by atoms with Crippen LogP contribution in [-0.2, 0) is 22.6 Å². The Kier molecular flexibility index (Phi) is 8.55. The maximum absolute atomic E-state index is 13.2. The third kappa shape index (κ3) is 6.15. The number of rotatable bonds is 8. The molecule has 1 aliphatic heterocycles. The second-order valence-electron chi connectivity index (χ2n) is 9.94. The fourth-order valence-corrected chi connectivity index (χ4v) is 5.91. The minimum atomic E-state index is -4.47. The highest BCUT2D eigenvalue weighted by molar-refractivity contribution is 7.91. The van der Waals surface area contributed by atoms with Crippen LogP contribution in [0, 0.1) is 6.92 Å². The molecule has 2 unspecified atom stereocenters. The molecule has 40 heavy (non-hydrogen) atoms. The third-order valence-electron chi connectivity index (χ3n) is 7.33. The molecule has 2 atom stereocenters. The number of amides is 1. The molecule has 0 aliphatic carbocycles. The third-order valence-corrected chi connectivity index (χ3v) is 9.08. The van der Waals surface area contributed by atoms with Gasteiger partial charge in [0.05, 0.1) is 28.9 Å². The Hall–Kier alpha value is -3.44. The average molecular weight is 576 g/mol. The van der Waals surface area contributed by atoms with Crippen molar-refractivity contribution in [2.45, 2.75) is 56.8 Å². The van der Waals surface area contributed by atoms with Crippen molar-refractivity contribution in [1.82, 2.24) is 10.3 Å². The van der Waals surface area contributed by atoms with Crippen LogP contribution in [0.25, 0.3) is 0 Å². The lowest BCUT2D eigenvalue weighted by Crippen LogP contribution is -2.35. The second-order valence-corrected chi connectivity index (χ2v) is 12.2. The first-order valence-electron chi connectivity index (χ1n) is 13.0. The fraction of sp³-hybridized carbons (Fsp3) is 0.379. The van der Waals surface area contributed by atoms with Gasteiger partial charge in [0, 0.05) is 30.8 Å². The van der Waals surface area contributed by atoms with Gasteiger partial charge in [0.2, 0.25) is 0 Å². The van der Waals surface area contributed by atoms with E-state index in [1.54, 1.807) is 38.1 Å².